The van der Waals surface area contributed by atoms with Crippen LogP contribution in [-0.2, 0) is 4.79 Å². The number of para-hydroxylation sites is 1. The number of fused-ring (bicyclic) bond motifs is 1. The molecule has 4 aromatic rings. The molecule has 2 aromatic carbocycles. The van der Waals surface area contributed by atoms with Crippen LogP contribution in [0.1, 0.15) is 16.8 Å². The summed E-state index contributed by atoms with van der Waals surface area (Å²) in [5.41, 5.74) is 1.40. The average molecular weight is 557 g/mol. The van der Waals surface area contributed by atoms with E-state index in [1.54, 1.807) is 48.5 Å². The molecule has 12 heteroatoms. The Hall–Kier alpha value is -4.61. The van der Waals surface area contributed by atoms with E-state index in [4.69, 9.17) is 4.74 Å². The molecule has 40 heavy (non-hydrogen) atoms. The van der Waals surface area contributed by atoms with Crippen LogP contribution in [0.2, 0.25) is 0 Å². The summed E-state index contributed by atoms with van der Waals surface area (Å²) in [6, 6.07) is 19.1. The standard InChI is InChI=1S/C28H20F5N3O4/c29-27(30)12-14-36(25(37)19-10-6-13-34-23(19)17-7-2-1-3-8-17)16-22(27)40-24-21(39-26(38)28(31,32)33)15-18-9-4-5-11-20(18)35-24/h1-11,13,15,22H,12,14,16H2/t22-/m0/s1. The number of nitrogens with zero attached hydrogens (tertiary/aromatic N) is 3. The minimum absolute atomic E-state index is 0.182. The Kier molecular flexibility index (Phi) is 7.09. The Morgan fingerprint density at radius 1 is 0.975 bits per heavy atom. The van der Waals surface area contributed by atoms with Crippen molar-refractivity contribution in [1.82, 2.24) is 14.9 Å². The van der Waals surface area contributed by atoms with E-state index in [0.29, 0.717) is 11.3 Å². The highest BCUT2D eigenvalue weighted by Crippen LogP contribution is 2.37. The van der Waals surface area contributed by atoms with Gasteiger partial charge in [0.25, 0.3) is 17.7 Å². The van der Waals surface area contributed by atoms with Gasteiger partial charge in [-0.15, -0.1) is 0 Å². The average Bonchev–Trinajstić information content (AvgIpc) is 2.94. The summed E-state index contributed by atoms with van der Waals surface area (Å²) in [5, 5.41) is 0.289. The van der Waals surface area contributed by atoms with Gasteiger partial charge in [0.05, 0.1) is 23.3 Å². The van der Waals surface area contributed by atoms with E-state index in [1.807, 2.05) is 0 Å². The van der Waals surface area contributed by atoms with Crippen LogP contribution in [0.5, 0.6) is 11.6 Å². The fourth-order valence-corrected chi connectivity index (χ4v) is 4.28. The minimum atomic E-state index is -5.35. The molecule has 5 rings (SSSR count). The number of alkyl halides is 5. The largest absolute Gasteiger partial charge is 0.491 e. The number of esters is 1. The number of hydrogen-bond donors (Lipinski definition) is 0. The Balaban J connectivity index is 1.45. The number of carbonyl (C=O) groups is 2. The molecule has 1 atom stereocenters. The van der Waals surface area contributed by atoms with E-state index >= 15 is 8.78 Å². The maximum Gasteiger partial charge on any atom is 0.491 e. The topological polar surface area (TPSA) is 81.6 Å². The van der Waals surface area contributed by atoms with Crippen molar-refractivity contribution in [2.75, 3.05) is 13.1 Å². The van der Waals surface area contributed by atoms with Crippen molar-refractivity contribution in [3.63, 3.8) is 0 Å². The highest BCUT2D eigenvalue weighted by molar-refractivity contribution is 6.00. The fraction of sp³-hybridized carbons (Fsp3) is 0.214. The van der Waals surface area contributed by atoms with Gasteiger partial charge in [0.1, 0.15) is 0 Å². The predicted molar refractivity (Wildman–Crippen MR) is 133 cm³/mol. The molecule has 0 unspecified atom stereocenters. The normalized spacial score (nSPS) is 16.9. The van der Waals surface area contributed by atoms with Gasteiger partial charge in [-0.05, 0) is 24.3 Å². The van der Waals surface area contributed by atoms with Crippen molar-refractivity contribution < 1.29 is 41.0 Å². The first kappa shape index (κ1) is 27.0. The number of ether oxygens (including phenoxy) is 2. The highest BCUT2D eigenvalue weighted by Gasteiger charge is 2.48. The quantitative estimate of drug-likeness (QED) is 0.232. The van der Waals surface area contributed by atoms with Crippen molar-refractivity contribution >= 4 is 22.8 Å². The Morgan fingerprint density at radius 3 is 2.45 bits per heavy atom. The predicted octanol–water partition coefficient (Wildman–Crippen LogP) is 5.69. The number of carbonyl (C=O) groups excluding carboxylic acids is 2. The highest BCUT2D eigenvalue weighted by atomic mass is 19.4. The molecule has 1 aliphatic rings. The number of likely N-dealkylation sites (tertiary alicyclic amines) is 1. The van der Waals surface area contributed by atoms with Crippen LogP contribution in [-0.4, -0.2) is 58.0 Å². The van der Waals surface area contributed by atoms with Gasteiger partial charge in [0.2, 0.25) is 0 Å². The number of amides is 1. The molecule has 0 radical (unpaired) electrons. The summed E-state index contributed by atoms with van der Waals surface area (Å²) in [6.07, 6.45) is -6.62. The molecule has 2 aromatic heterocycles. The van der Waals surface area contributed by atoms with Crippen molar-refractivity contribution in [1.29, 1.82) is 0 Å². The zero-order valence-electron chi connectivity index (χ0n) is 20.6. The van der Waals surface area contributed by atoms with Crippen LogP contribution in [0.25, 0.3) is 22.2 Å². The minimum Gasteiger partial charge on any atom is -0.463 e. The number of pyridine rings is 2. The third-order valence-electron chi connectivity index (χ3n) is 6.29. The van der Waals surface area contributed by atoms with Crippen LogP contribution in [0.4, 0.5) is 22.0 Å². The van der Waals surface area contributed by atoms with Gasteiger partial charge in [-0.25, -0.2) is 18.6 Å². The molecule has 206 valence electrons. The summed E-state index contributed by atoms with van der Waals surface area (Å²) in [6.45, 7) is -0.925. The maximum absolute atomic E-state index is 15.0. The molecule has 1 aliphatic heterocycles. The fourth-order valence-electron chi connectivity index (χ4n) is 4.28. The van der Waals surface area contributed by atoms with Gasteiger partial charge in [-0.2, -0.15) is 13.2 Å². The maximum atomic E-state index is 15.0. The van der Waals surface area contributed by atoms with Crippen LogP contribution in [0.15, 0.2) is 79.0 Å². The van der Waals surface area contributed by atoms with Gasteiger partial charge < -0.3 is 14.4 Å². The van der Waals surface area contributed by atoms with Crippen molar-refractivity contribution in [3.8, 4) is 22.9 Å². The number of halogens is 5. The molecular formula is C28H20F5N3O4. The molecule has 0 bridgehead atoms. The number of piperidine rings is 1. The molecule has 0 saturated carbocycles. The lowest BCUT2D eigenvalue weighted by molar-refractivity contribution is -0.190. The molecule has 0 spiro atoms. The number of rotatable bonds is 5. The second kappa shape index (κ2) is 10.5. The molecular weight excluding hydrogens is 537 g/mol. The summed E-state index contributed by atoms with van der Waals surface area (Å²) >= 11 is 0. The Labute approximate surface area is 224 Å². The Morgan fingerprint density at radius 2 is 1.70 bits per heavy atom. The molecule has 3 heterocycles. The van der Waals surface area contributed by atoms with Gasteiger partial charge in [0, 0.05) is 30.1 Å². The molecule has 1 fully saturated rings. The van der Waals surface area contributed by atoms with Crippen molar-refractivity contribution in [3.05, 3.63) is 84.6 Å². The first-order chi connectivity index (χ1) is 19.0. The SMILES string of the molecule is O=C(c1cccnc1-c1ccccc1)N1CCC(F)(F)[C@@H](Oc2nc3ccccc3cc2OC(=O)C(F)(F)F)C1. The van der Waals surface area contributed by atoms with E-state index in [2.05, 4.69) is 14.7 Å². The summed E-state index contributed by atoms with van der Waals surface area (Å²) < 4.78 is 78.7. The van der Waals surface area contributed by atoms with Crippen molar-refractivity contribution in [2.45, 2.75) is 24.6 Å². The molecule has 0 aliphatic carbocycles. The van der Waals surface area contributed by atoms with E-state index in [-0.39, 0.29) is 23.0 Å². The first-order valence-electron chi connectivity index (χ1n) is 12.1. The van der Waals surface area contributed by atoms with E-state index in [9.17, 15) is 22.8 Å². The van der Waals surface area contributed by atoms with E-state index in [1.165, 1.54) is 24.4 Å². The van der Waals surface area contributed by atoms with Crippen molar-refractivity contribution in [2.24, 2.45) is 0 Å². The zero-order chi connectivity index (χ0) is 28.5. The van der Waals surface area contributed by atoms with E-state index < -0.39 is 54.7 Å². The van der Waals surface area contributed by atoms with Gasteiger partial charge in [-0.3, -0.25) is 9.78 Å². The third kappa shape index (κ3) is 5.56. The summed E-state index contributed by atoms with van der Waals surface area (Å²) in [4.78, 5) is 34.5. The lowest BCUT2D eigenvalue weighted by Gasteiger charge is -2.38. The zero-order valence-corrected chi connectivity index (χ0v) is 20.6. The molecule has 7 nitrogen and oxygen atoms in total. The van der Waals surface area contributed by atoms with Crippen LogP contribution in [0.3, 0.4) is 0 Å². The number of benzene rings is 2. The second-order valence-corrected chi connectivity index (χ2v) is 9.01. The second-order valence-electron chi connectivity index (χ2n) is 9.01. The Bertz CT molecular complexity index is 1560. The first-order valence-corrected chi connectivity index (χ1v) is 12.1. The monoisotopic (exact) mass is 557 g/mol. The van der Waals surface area contributed by atoms with Crippen LogP contribution < -0.4 is 9.47 Å². The van der Waals surface area contributed by atoms with Gasteiger partial charge in [0.15, 0.2) is 11.9 Å². The van der Waals surface area contributed by atoms with Crippen LogP contribution in [0, 0.1) is 0 Å². The lowest BCUT2D eigenvalue weighted by atomic mass is 10.0. The lowest BCUT2D eigenvalue weighted by Crippen LogP contribution is -2.55. The third-order valence-corrected chi connectivity index (χ3v) is 6.29. The smallest absolute Gasteiger partial charge is 0.463 e. The molecule has 1 saturated heterocycles. The molecule has 1 amide bonds. The molecule has 0 N–H and O–H groups in total. The van der Waals surface area contributed by atoms with Gasteiger partial charge in [-0.1, -0.05) is 48.5 Å². The summed E-state index contributed by atoms with van der Waals surface area (Å²) in [5.74, 6) is -8.13. The van der Waals surface area contributed by atoms with Crippen LogP contribution >= 0.6 is 0 Å². The number of hydrogen-bond acceptors (Lipinski definition) is 6. The van der Waals surface area contributed by atoms with Gasteiger partial charge >= 0.3 is 12.1 Å². The number of aromatic nitrogens is 2. The van der Waals surface area contributed by atoms with E-state index in [0.717, 1.165) is 11.0 Å². The summed E-state index contributed by atoms with van der Waals surface area (Å²) in [7, 11) is 0.